The largest absolute Gasteiger partial charge is 0.444 e. The lowest BCUT2D eigenvalue weighted by Gasteiger charge is -2.37. The van der Waals surface area contributed by atoms with Crippen LogP contribution in [-0.4, -0.2) is 45.2 Å². The van der Waals surface area contributed by atoms with Crippen LogP contribution in [0.4, 0.5) is 4.79 Å². The van der Waals surface area contributed by atoms with Gasteiger partial charge < -0.3 is 9.47 Å². The molecule has 0 radical (unpaired) electrons. The monoisotopic (exact) mass is 444 g/mol. The van der Waals surface area contributed by atoms with Crippen molar-refractivity contribution >= 4 is 11.9 Å². The molecule has 0 N–H and O–H groups in total. The highest BCUT2D eigenvalue weighted by atomic mass is 16.6. The number of hydrogen-bond donors (Lipinski definition) is 0. The van der Waals surface area contributed by atoms with Gasteiger partial charge in [-0.3, -0.25) is 14.7 Å². The minimum atomic E-state index is -0.739. The number of rotatable bonds is 7. The number of aromatic nitrogens is 1. The number of amides is 1. The molecule has 1 amide bonds. The van der Waals surface area contributed by atoms with Gasteiger partial charge in [-0.25, -0.2) is 4.79 Å². The number of carbonyl (C=O) groups is 2. The molecule has 1 aliphatic carbocycles. The molecular weight excluding hydrogens is 404 g/mol. The van der Waals surface area contributed by atoms with Crippen LogP contribution in [0, 0.1) is 5.92 Å². The molecule has 1 aliphatic heterocycles. The zero-order chi connectivity index (χ0) is 23.4. The minimum absolute atomic E-state index is 0.0343. The highest BCUT2D eigenvalue weighted by Crippen LogP contribution is 2.40. The molecule has 2 heterocycles. The van der Waals surface area contributed by atoms with E-state index in [1.165, 1.54) is 32.1 Å². The lowest BCUT2D eigenvalue weighted by Crippen LogP contribution is -2.50. The van der Waals surface area contributed by atoms with E-state index in [4.69, 9.17) is 9.47 Å². The van der Waals surface area contributed by atoms with E-state index in [0.717, 1.165) is 12.8 Å². The van der Waals surface area contributed by atoms with Gasteiger partial charge in [0.15, 0.2) is 5.78 Å². The first-order valence-corrected chi connectivity index (χ1v) is 12.2. The minimum Gasteiger partial charge on any atom is -0.444 e. The molecule has 1 saturated heterocycles. The quantitative estimate of drug-likeness (QED) is 0.472. The summed E-state index contributed by atoms with van der Waals surface area (Å²) in [6, 6.07) is 5.37. The van der Waals surface area contributed by atoms with Gasteiger partial charge in [-0.1, -0.05) is 38.2 Å². The Morgan fingerprint density at radius 3 is 2.53 bits per heavy atom. The number of Topliss-reactive ketones (excluding diaryl/α,β-unsaturated/α-hetero) is 1. The first kappa shape index (κ1) is 24.7. The Bertz CT molecular complexity index is 766. The highest BCUT2D eigenvalue weighted by molar-refractivity contribution is 5.94. The van der Waals surface area contributed by atoms with Crippen molar-refractivity contribution in [1.82, 2.24) is 9.88 Å². The Morgan fingerprint density at radius 1 is 1.19 bits per heavy atom. The Kier molecular flexibility index (Phi) is 7.97. The number of ketones is 1. The van der Waals surface area contributed by atoms with Crippen molar-refractivity contribution in [3.63, 3.8) is 0 Å². The molecule has 1 aromatic rings. The van der Waals surface area contributed by atoms with Crippen LogP contribution in [0.5, 0.6) is 0 Å². The molecule has 6 nitrogen and oxygen atoms in total. The third kappa shape index (κ3) is 6.53. The molecule has 0 bridgehead atoms. The average Bonchev–Trinajstić information content (AvgIpc) is 2.97. The standard InChI is InChI=1S/C26H40N2O4/c1-25(2,3)32-24(30)28-21(18-19-12-7-6-8-13-19)23(31-26(28,4)5)16-11-15-22(29)20-14-9-10-17-27-20/h9-10,14,17,19,21,23H,6-8,11-13,15-16,18H2,1-5H3/t21-,23?/m0/s1. The molecule has 3 rings (SSSR count). The zero-order valence-corrected chi connectivity index (χ0v) is 20.4. The summed E-state index contributed by atoms with van der Waals surface area (Å²) in [5.41, 5.74) is -0.790. The lowest BCUT2D eigenvalue weighted by molar-refractivity contribution is -0.0801. The molecule has 0 aromatic carbocycles. The van der Waals surface area contributed by atoms with Gasteiger partial charge in [0.1, 0.15) is 17.0 Å². The van der Waals surface area contributed by atoms with Crippen LogP contribution < -0.4 is 0 Å². The van der Waals surface area contributed by atoms with Crippen molar-refractivity contribution in [2.75, 3.05) is 0 Å². The molecule has 1 aromatic heterocycles. The van der Waals surface area contributed by atoms with Crippen molar-refractivity contribution < 1.29 is 19.1 Å². The van der Waals surface area contributed by atoms with Gasteiger partial charge in [-0.15, -0.1) is 0 Å². The van der Waals surface area contributed by atoms with Gasteiger partial charge in [0.25, 0.3) is 0 Å². The fraction of sp³-hybridized carbons (Fsp3) is 0.731. The van der Waals surface area contributed by atoms with Gasteiger partial charge in [0.05, 0.1) is 12.1 Å². The predicted molar refractivity (Wildman–Crippen MR) is 124 cm³/mol. The maximum absolute atomic E-state index is 13.2. The molecule has 1 saturated carbocycles. The van der Waals surface area contributed by atoms with Crippen LogP contribution in [0.1, 0.15) is 103 Å². The molecule has 32 heavy (non-hydrogen) atoms. The third-order valence-electron chi connectivity index (χ3n) is 6.51. The first-order valence-electron chi connectivity index (χ1n) is 12.2. The average molecular weight is 445 g/mol. The second kappa shape index (κ2) is 10.3. The number of nitrogens with zero attached hydrogens (tertiary/aromatic N) is 2. The van der Waals surface area contributed by atoms with Crippen LogP contribution >= 0.6 is 0 Å². The van der Waals surface area contributed by atoms with Crippen molar-refractivity contribution in [2.45, 2.75) is 116 Å². The molecule has 178 valence electrons. The van der Waals surface area contributed by atoms with E-state index in [-0.39, 0.29) is 24.0 Å². The topological polar surface area (TPSA) is 68.7 Å². The van der Waals surface area contributed by atoms with E-state index in [1.807, 2.05) is 51.7 Å². The number of carbonyl (C=O) groups excluding carboxylic acids is 2. The Balaban J connectivity index is 1.70. The number of hydrogen-bond acceptors (Lipinski definition) is 5. The molecular formula is C26H40N2O4. The second-order valence-electron chi connectivity index (χ2n) is 10.8. The van der Waals surface area contributed by atoms with E-state index in [9.17, 15) is 9.59 Å². The summed E-state index contributed by atoms with van der Waals surface area (Å²) in [7, 11) is 0. The summed E-state index contributed by atoms with van der Waals surface area (Å²) in [6.07, 6.45) is 10.3. The summed E-state index contributed by atoms with van der Waals surface area (Å²) in [5.74, 6) is 0.657. The SMILES string of the molecule is CC(C)(C)OC(=O)N1[C@@H](CC2CCCCC2)C(CCCC(=O)c2ccccn2)OC1(C)C. The Labute approximate surface area is 193 Å². The van der Waals surface area contributed by atoms with Gasteiger partial charge in [0, 0.05) is 12.6 Å². The second-order valence-corrected chi connectivity index (χ2v) is 10.8. The van der Waals surface area contributed by atoms with Crippen molar-refractivity contribution in [3.05, 3.63) is 30.1 Å². The molecule has 2 fully saturated rings. The Morgan fingerprint density at radius 2 is 1.91 bits per heavy atom. The summed E-state index contributed by atoms with van der Waals surface area (Å²) in [4.78, 5) is 31.7. The van der Waals surface area contributed by atoms with Gasteiger partial charge >= 0.3 is 6.09 Å². The molecule has 2 atom stereocenters. The van der Waals surface area contributed by atoms with Crippen LogP contribution in [0.25, 0.3) is 0 Å². The smallest absolute Gasteiger partial charge is 0.412 e. The third-order valence-corrected chi connectivity index (χ3v) is 6.51. The zero-order valence-electron chi connectivity index (χ0n) is 20.4. The van der Waals surface area contributed by atoms with Crippen molar-refractivity contribution in [2.24, 2.45) is 5.92 Å². The van der Waals surface area contributed by atoms with Crippen LogP contribution in [0.15, 0.2) is 24.4 Å². The highest BCUT2D eigenvalue weighted by Gasteiger charge is 2.51. The van der Waals surface area contributed by atoms with E-state index in [1.54, 1.807) is 12.3 Å². The fourth-order valence-electron chi connectivity index (χ4n) is 5.13. The van der Waals surface area contributed by atoms with E-state index < -0.39 is 11.3 Å². The van der Waals surface area contributed by atoms with E-state index in [0.29, 0.717) is 24.5 Å². The summed E-state index contributed by atoms with van der Waals surface area (Å²) >= 11 is 0. The van der Waals surface area contributed by atoms with Crippen LogP contribution in [-0.2, 0) is 9.47 Å². The normalized spacial score (nSPS) is 23.8. The summed E-state index contributed by atoms with van der Waals surface area (Å²) in [5, 5.41) is 0. The van der Waals surface area contributed by atoms with E-state index >= 15 is 0 Å². The molecule has 0 spiro atoms. The predicted octanol–water partition coefficient (Wildman–Crippen LogP) is 6.15. The molecule has 2 aliphatic rings. The number of ether oxygens (including phenoxy) is 2. The lowest BCUT2D eigenvalue weighted by atomic mass is 9.83. The molecule has 6 heteroatoms. The van der Waals surface area contributed by atoms with Gasteiger partial charge in [0.2, 0.25) is 0 Å². The number of pyridine rings is 1. The summed E-state index contributed by atoms with van der Waals surface area (Å²) < 4.78 is 12.2. The van der Waals surface area contributed by atoms with Gasteiger partial charge in [-0.05, 0) is 71.9 Å². The van der Waals surface area contributed by atoms with Crippen LogP contribution in [0.2, 0.25) is 0 Å². The Hall–Kier alpha value is -1.95. The maximum Gasteiger partial charge on any atom is 0.412 e. The fourth-order valence-corrected chi connectivity index (χ4v) is 5.13. The van der Waals surface area contributed by atoms with Crippen molar-refractivity contribution in [3.8, 4) is 0 Å². The first-order chi connectivity index (χ1) is 15.1. The molecule has 1 unspecified atom stereocenters. The van der Waals surface area contributed by atoms with Crippen LogP contribution in [0.3, 0.4) is 0 Å². The van der Waals surface area contributed by atoms with Crippen molar-refractivity contribution in [1.29, 1.82) is 0 Å². The maximum atomic E-state index is 13.2. The van der Waals surface area contributed by atoms with Gasteiger partial charge in [-0.2, -0.15) is 0 Å². The summed E-state index contributed by atoms with van der Waals surface area (Å²) in [6.45, 7) is 9.58. The van der Waals surface area contributed by atoms with E-state index in [2.05, 4.69) is 4.98 Å².